The molecule has 2 aliphatic rings. The highest BCUT2D eigenvalue weighted by Gasteiger charge is 2.53. The van der Waals surface area contributed by atoms with Gasteiger partial charge in [-0.05, 0) is 31.1 Å². The van der Waals surface area contributed by atoms with Gasteiger partial charge in [-0.15, -0.1) is 0 Å². The van der Waals surface area contributed by atoms with E-state index < -0.39 is 5.54 Å². The van der Waals surface area contributed by atoms with Crippen LogP contribution in [0.4, 0.5) is 0 Å². The average molecular weight is 224 g/mol. The molecular weight excluding hydrogens is 200 g/mol. The maximum absolute atomic E-state index is 11.9. The van der Waals surface area contributed by atoms with E-state index in [1.165, 1.54) is 25.7 Å². The first-order chi connectivity index (χ1) is 7.48. The summed E-state index contributed by atoms with van der Waals surface area (Å²) in [6.07, 6.45) is 8.08. The van der Waals surface area contributed by atoms with Gasteiger partial charge in [0.15, 0.2) is 0 Å². The van der Waals surface area contributed by atoms with Gasteiger partial charge in [0.1, 0.15) is 5.54 Å². The van der Waals surface area contributed by atoms with Crippen LogP contribution in [0.3, 0.4) is 0 Å². The molecule has 0 bridgehead atoms. The molecule has 1 unspecified atom stereocenters. The van der Waals surface area contributed by atoms with E-state index in [1.807, 2.05) is 0 Å². The second-order valence-electron chi connectivity index (χ2n) is 6.13. The molecule has 0 saturated heterocycles. The third-order valence-corrected chi connectivity index (χ3v) is 4.74. The van der Waals surface area contributed by atoms with Crippen molar-refractivity contribution in [2.24, 2.45) is 11.1 Å². The third-order valence-electron chi connectivity index (χ3n) is 4.74. The quantitative estimate of drug-likeness (QED) is 0.770. The molecule has 0 aromatic heterocycles. The van der Waals surface area contributed by atoms with Gasteiger partial charge in [-0.25, -0.2) is 0 Å². The van der Waals surface area contributed by atoms with Gasteiger partial charge in [-0.3, -0.25) is 4.79 Å². The Morgan fingerprint density at radius 3 is 2.25 bits per heavy atom. The molecule has 0 heterocycles. The Kier molecular flexibility index (Phi) is 2.99. The highest BCUT2D eigenvalue weighted by Crippen LogP contribution is 2.46. The number of nitrogens with two attached hydrogens (primary N) is 1. The summed E-state index contributed by atoms with van der Waals surface area (Å²) in [4.78, 5) is 11.9. The van der Waals surface area contributed by atoms with E-state index in [9.17, 15) is 4.79 Å². The molecule has 16 heavy (non-hydrogen) atoms. The molecule has 1 atom stereocenters. The van der Waals surface area contributed by atoms with Crippen LogP contribution in [0.25, 0.3) is 0 Å². The fraction of sp³-hybridized carbons (Fsp3) is 0.923. The second kappa shape index (κ2) is 4.02. The van der Waals surface area contributed by atoms with E-state index in [-0.39, 0.29) is 11.3 Å². The number of rotatable bonds is 3. The lowest BCUT2D eigenvalue weighted by atomic mass is 9.73. The molecule has 0 aliphatic heterocycles. The number of carbonyl (C=O) groups is 1. The Labute approximate surface area is 98.2 Å². The van der Waals surface area contributed by atoms with Gasteiger partial charge in [-0.1, -0.05) is 33.1 Å². The summed E-state index contributed by atoms with van der Waals surface area (Å²) in [5.74, 6) is -0.151. The van der Waals surface area contributed by atoms with Gasteiger partial charge in [0.25, 0.3) is 0 Å². The number of hydrogen-bond donors (Lipinski definition) is 2. The van der Waals surface area contributed by atoms with Crippen molar-refractivity contribution in [3.05, 3.63) is 0 Å². The van der Waals surface area contributed by atoms with E-state index in [4.69, 9.17) is 5.73 Å². The second-order valence-corrected chi connectivity index (χ2v) is 6.13. The van der Waals surface area contributed by atoms with Gasteiger partial charge >= 0.3 is 0 Å². The first-order valence-corrected chi connectivity index (χ1v) is 6.56. The van der Waals surface area contributed by atoms with Crippen LogP contribution < -0.4 is 11.1 Å². The standard InChI is InChI=1S/C13H24N2O/c1-12(2)8-5-9-13(12,11(14)16)15-10-6-3-4-7-10/h10,15H,3-9H2,1-2H3,(H2,14,16). The van der Waals surface area contributed by atoms with Gasteiger partial charge in [0.05, 0.1) is 0 Å². The largest absolute Gasteiger partial charge is 0.368 e. The smallest absolute Gasteiger partial charge is 0.238 e. The zero-order valence-electron chi connectivity index (χ0n) is 10.5. The highest BCUT2D eigenvalue weighted by molar-refractivity contribution is 5.86. The van der Waals surface area contributed by atoms with Gasteiger partial charge < -0.3 is 11.1 Å². The number of nitrogens with one attached hydrogen (secondary N) is 1. The molecule has 1 amide bonds. The summed E-state index contributed by atoms with van der Waals surface area (Å²) in [6.45, 7) is 4.35. The van der Waals surface area contributed by atoms with Crippen molar-refractivity contribution in [1.29, 1.82) is 0 Å². The minimum absolute atomic E-state index is 0.00141. The van der Waals surface area contributed by atoms with Crippen LogP contribution in [0.2, 0.25) is 0 Å². The van der Waals surface area contributed by atoms with Gasteiger partial charge in [-0.2, -0.15) is 0 Å². The van der Waals surface area contributed by atoms with Crippen LogP contribution in [-0.2, 0) is 4.79 Å². The number of hydrogen-bond acceptors (Lipinski definition) is 2. The van der Waals surface area contributed by atoms with Crippen molar-refractivity contribution >= 4 is 5.91 Å². The predicted molar refractivity (Wildman–Crippen MR) is 64.9 cm³/mol. The topological polar surface area (TPSA) is 55.1 Å². The molecule has 3 heteroatoms. The Balaban J connectivity index is 2.18. The fourth-order valence-electron chi connectivity index (χ4n) is 3.56. The predicted octanol–water partition coefficient (Wildman–Crippen LogP) is 1.95. The molecule has 0 aromatic carbocycles. The maximum atomic E-state index is 11.9. The minimum Gasteiger partial charge on any atom is -0.368 e. The Morgan fingerprint density at radius 2 is 1.81 bits per heavy atom. The lowest BCUT2D eigenvalue weighted by Gasteiger charge is -2.41. The first kappa shape index (κ1) is 11.9. The number of primary amides is 1. The SMILES string of the molecule is CC1(C)CCCC1(NC1CCCC1)C(N)=O. The molecule has 2 aliphatic carbocycles. The van der Waals surface area contributed by atoms with Crippen molar-refractivity contribution in [3.8, 4) is 0 Å². The molecule has 2 saturated carbocycles. The van der Waals surface area contributed by atoms with Crippen molar-refractivity contribution in [2.75, 3.05) is 0 Å². The summed E-state index contributed by atoms with van der Waals surface area (Å²) in [7, 11) is 0. The molecule has 92 valence electrons. The van der Waals surface area contributed by atoms with Crippen molar-refractivity contribution < 1.29 is 4.79 Å². The first-order valence-electron chi connectivity index (χ1n) is 6.56. The van der Waals surface area contributed by atoms with Crippen molar-refractivity contribution in [3.63, 3.8) is 0 Å². The zero-order chi connectivity index (χ0) is 11.8. The van der Waals surface area contributed by atoms with Crippen LogP contribution in [-0.4, -0.2) is 17.5 Å². The molecule has 0 aromatic rings. The summed E-state index contributed by atoms with van der Waals surface area (Å²) < 4.78 is 0. The molecule has 3 nitrogen and oxygen atoms in total. The molecule has 0 radical (unpaired) electrons. The zero-order valence-corrected chi connectivity index (χ0v) is 10.5. The van der Waals surface area contributed by atoms with E-state index in [0.717, 1.165) is 19.3 Å². The summed E-state index contributed by atoms with van der Waals surface area (Å²) in [5.41, 5.74) is 5.23. The van der Waals surface area contributed by atoms with Crippen molar-refractivity contribution in [1.82, 2.24) is 5.32 Å². The Bertz CT molecular complexity index is 282. The number of amides is 1. The molecule has 0 spiro atoms. The maximum Gasteiger partial charge on any atom is 0.238 e. The van der Waals surface area contributed by atoms with E-state index >= 15 is 0 Å². The van der Waals surface area contributed by atoms with E-state index in [0.29, 0.717) is 6.04 Å². The van der Waals surface area contributed by atoms with Crippen LogP contribution in [0, 0.1) is 5.41 Å². The fourth-order valence-corrected chi connectivity index (χ4v) is 3.56. The molecular formula is C13H24N2O. The minimum atomic E-state index is -0.456. The van der Waals surface area contributed by atoms with Gasteiger partial charge in [0.2, 0.25) is 5.91 Å². The Morgan fingerprint density at radius 1 is 1.19 bits per heavy atom. The Hall–Kier alpha value is -0.570. The molecule has 2 rings (SSSR count). The monoisotopic (exact) mass is 224 g/mol. The molecule has 2 fully saturated rings. The van der Waals surface area contributed by atoms with E-state index in [1.54, 1.807) is 0 Å². The van der Waals surface area contributed by atoms with E-state index in [2.05, 4.69) is 19.2 Å². The van der Waals surface area contributed by atoms with Crippen LogP contribution in [0.5, 0.6) is 0 Å². The summed E-state index contributed by atoms with van der Waals surface area (Å²) >= 11 is 0. The molecule has 3 N–H and O–H groups in total. The lowest BCUT2D eigenvalue weighted by molar-refractivity contribution is -0.128. The van der Waals surface area contributed by atoms with Crippen molar-refractivity contribution in [2.45, 2.75) is 70.4 Å². The van der Waals surface area contributed by atoms with Gasteiger partial charge in [0, 0.05) is 6.04 Å². The summed E-state index contributed by atoms with van der Waals surface area (Å²) in [6, 6.07) is 0.505. The lowest BCUT2D eigenvalue weighted by Crippen LogP contribution is -2.63. The summed E-state index contributed by atoms with van der Waals surface area (Å²) in [5, 5.41) is 3.61. The third kappa shape index (κ3) is 1.75. The highest BCUT2D eigenvalue weighted by atomic mass is 16.1. The average Bonchev–Trinajstić information content (AvgIpc) is 2.76. The van der Waals surface area contributed by atoms with Crippen LogP contribution in [0.15, 0.2) is 0 Å². The van der Waals surface area contributed by atoms with Crippen LogP contribution in [0.1, 0.15) is 58.8 Å². The number of carbonyl (C=O) groups excluding carboxylic acids is 1. The normalized spacial score (nSPS) is 34.4. The van der Waals surface area contributed by atoms with Crippen LogP contribution >= 0.6 is 0 Å².